The second-order valence-electron chi connectivity index (χ2n) is 6.39. The van der Waals surface area contributed by atoms with Crippen LogP contribution in [-0.2, 0) is 0 Å². The predicted octanol–water partition coefficient (Wildman–Crippen LogP) is 3.68. The van der Waals surface area contributed by atoms with Crippen LogP contribution in [-0.4, -0.2) is 25.7 Å². The highest BCUT2D eigenvalue weighted by atomic mass is 19.1. The van der Waals surface area contributed by atoms with Crippen molar-refractivity contribution in [1.82, 2.24) is 5.32 Å². The molecule has 1 aromatic rings. The molecule has 0 amide bonds. The van der Waals surface area contributed by atoms with Crippen LogP contribution in [0.5, 0.6) is 0 Å². The third-order valence-corrected chi connectivity index (χ3v) is 4.12. The third kappa shape index (κ3) is 4.20. The van der Waals surface area contributed by atoms with E-state index in [0.29, 0.717) is 12.0 Å². The van der Waals surface area contributed by atoms with Gasteiger partial charge in [0.25, 0.3) is 0 Å². The van der Waals surface area contributed by atoms with Crippen molar-refractivity contribution in [3.05, 3.63) is 30.1 Å². The Balaban J connectivity index is 2.02. The van der Waals surface area contributed by atoms with Gasteiger partial charge in [-0.3, -0.25) is 0 Å². The molecule has 0 spiro atoms. The molecule has 1 N–H and O–H groups in total. The molecule has 20 heavy (non-hydrogen) atoms. The standard InChI is InChI=1S/C17H27FN2/c1-4-14-9-16(19-10-13(2)3)12-20(11-14)17-7-5-15(18)6-8-17/h5-8,13-14,16,19H,4,9-12H2,1-3H3. The molecule has 3 heteroatoms. The van der Waals surface area contributed by atoms with Crippen molar-refractivity contribution >= 4 is 5.69 Å². The lowest BCUT2D eigenvalue weighted by Crippen LogP contribution is -2.50. The van der Waals surface area contributed by atoms with E-state index in [1.54, 1.807) is 12.1 Å². The van der Waals surface area contributed by atoms with Crippen LogP contribution in [0.25, 0.3) is 0 Å². The van der Waals surface area contributed by atoms with E-state index in [1.807, 2.05) is 12.1 Å². The van der Waals surface area contributed by atoms with Crippen LogP contribution >= 0.6 is 0 Å². The summed E-state index contributed by atoms with van der Waals surface area (Å²) in [6.07, 6.45) is 2.46. The number of nitrogens with zero attached hydrogens (tertiary/aromatic N) is 1. The number of anilines is 1. The minimum absolute atomic E-state index is 0.160. The summed E-state index contributed by atoms with van der Waals surface area (Å²) in [5, 5.41) is 3.68. The maximum atomic E-state index is 13.1. The van der Waals surface area contributed by atoms with Gasteiger partial charge in [-0.15, -0.1) is 0 Å². The van der Waals surface area contributed by atoms with E-state index in [9.17, 15) is 4.39 Å². The van der Waals surface area contributed by atoms with Gasteiger partial charge in [-0.05, 0) is 49.1 Å². The third-order valence-electron chi connectivity index (χ3n) is 4.12. The zero-order valence-electron chi connectivity index (χ0n) is 12.9. The first-order valence-corrected chi connectivity index (χ1v) is 7.82. The second-order valence-corrected chi connectivity index (χ2v) is 6.39. The van der Waals surface area contributed by atoms with Crippen LogP contribution in [0, 0.1) is 17.7 Å². The number of nitrogens with one attached hydrogen (secondary N) is 1. The highest BCUT2D eigenvalue weighted by Crippen LogP contribution is 2.25. The molecule has 2 rings (SSSR count). The first-order valence-electron chi connectivity index (χ1n) is 7.82. The number of benzene rings is 1. The largest absolute Gasteiger partial charge is 0.370 e. The molecule has 1 heterocycles. The fourth-order valence-electron chi connectivity index (χ4n) is 2.91. The molecule has 2 unspecified atom stereocenters. The summed E-state index contributed by atoms with van der Waals surface area (Å²) >= 11 is 0. The Morgan fingerprint density at radius 2 is 1.95 bits per heavy atom. The molecule has 2 atom stereocenters. The quantitative estimate of drug-likeness (QED) is 0.884. The van der Waals surface area contributed by atoms with Crippen molar-refractivity contribution in [2.24, 2.45) is 11.8 Å². The fraction of sp³-hybridized carbons (Fsp3) is 0.647. The molecule has 112 valence electrons. The number of halogens is 1. The maximum absolute atomic E-state index is 13.1. The monoisotopic (exact) mass is 278 g/mol. The van der Waals surface area contributed by atoms with Gasteiger partial charge in [-0.1, -0.05) is 27.2 Å². The summed E-state index contributed by atoms with van der Waals surface area (Å²) in [6, 6.07) is 7.45. The highest BCUT2D eigenvalue weighted by Gasteiger charge is 2.26. The normalized spacial score (nSPS) is 23.4. The molecule has 0 bridgehead atoms. The summed E-state index contributed by atoms with van der Waals surface area (Å²) in [7, 11) is 0. The van der Waals surface area contributed by atoms with Gasteiger partial charge in [-0.2, -0.15) is 0 Å². The van der Waals surface area contributed by atoms with Crippen LogP contribution in [0.15, 0.2) is 24.3 Å². The van der Waals surface area contributed by atoms with E-state index in [4.69, 9.17) is 0 Å². The first kappa shape index (κ1) is 15.3. The summed E-state index contributed by atoms with van der Waals surface area (Å²) in [6.45, 7) is 9.92. The van der Waals surface area contributed by atoms with Gasteiger partial charge >= 0.3 is 0 Å². The number of hydrogen-bond acceptors (Lipinski definition) is 2. The van der Waals surface area contributed by atoms with Crippen LogP contribution in [0.1, 0.15) is 33.6 Å². The van der Waals surface area contributed by atoms with Gasteiger partial charge < -0.3 is 10.2 Å². The lowest BCUT2D eigenvalue weighted by molar-refractivity contribution is 0.318. The maximum Gasteiger partial charge on any atom is 0.123 e. The molecule has 1 aliphatic rings. The molecular formula is C17H27FN2. The van der Waals surface area contributed by atoms with Crippen LogP contribution in [0.2, 0.25) is 0 Å². The summed E-state index contributed by atoms with van der Waals surface area (Å²) < 4.78 is 13.1. The number of piperidine rings is 1. The van der Waals surface area contributed by atoms with Gasteiger partial charge in [0, 0.05) is 24.8 Å². The molecule has 1 saturated heterocycles. The van der Waals surface area contributed by atoms with Crippen LogP contribution in [0.4, 0.5) is 10.1 Å². The molecule has 2 nitrogen and oxygen atoms in total. The van der Waals surface area contributed by atoms with Gasteiger partial charge in [0.15, 0.2) is 0 Å². The zero-order valence-corrected chi connectivity index (χ0v) is 12.9. The van der Waals surface area contributed by atoms with Crippen molar-refractivity contribution < 1.29 is 4.39 Å². The number of rotatable bonds is 5. The SMILES string of the molecule is CCC1CC(NCC(C)C)CN(c2ccc(F)cc2)C1. The number of hydrogen-bond donors (Lipinski definition) is 1. The minimum atomic E-state index is -0.160. The molecule has 0 aromatic heterocycles. The Hall–Kier alpha value is -1.09. The zero-order chi connectivity index (χ0) is 14.5. The van der Waals surface area contributed by atoms with E-state index in [-0.39, 0.29) is 5.82 Å². The Kier molecular flexibility index (Phi) is 5.41. The van der Waals surface area contributed by atoms with Crippen molar-refractivity contribution in [1.29, 1.82) is 0 Å². The molecule has 0 radical (unpaired) electrons. The first-order chi connectivity index (χ1) is 9.58. The van der Waals surface area contributed by atoms with E-state index in [1.165, 1.54) is 12.8 Å². The molecule has 0 saturated carbocycles. The molecular weight excluding hydrogens is 251 g/mol. The average molecular weight is 278 g/mol. The average Bonchev–Trinajstić information content (AvgIpc) is 2.45. The molecule has 1 fully saturated rings. The fourth-order valence-corrected chi connectivity index (χ4v) is 2.91. The molecule has 0 aliphatic carbocycles. The Labute approximate surface area is 122 Å². The minimum Gasteiger partial charge on any atom is -0.370 e. The van der Waals surface area contributed by atoms with Crippen molar-refractivity contribution in [3.8, 4) is 0 Å². The Morgan fingerprint density at radius 1 is 1.25 bits per heavy atom. The van der Waals surface area contributed by atoms with E-state index in [0.717, 1.165) is 31.2 Å². The van der Waals surface area contributed by atoms with E-state index < -0.39 is 0 Å². The van der Waals surface area contributed by atoms with Gasteiger partial charge in [0.05, 0.1) is 0 Å². The topological polar surface area (TPSA) is 15.3 Å². The van der Waals surface area contributed by atoms with Crippen LogP contribution < -0.4 is 10.2 Å². The van der Waals surface area contributed by atoms with Crippen molar-refractivity contribution in [2.75, 3.05) is 24.5 Å². The van der Waals surface area contributed by atoms with Crippen molar-refractivity contribution in [2.45, 2.75) is 39.7 Å². The smallest absolute Gasteiger partial charge is 0.123 e. The highest BCUT2D eigenvalue weighted by molar-refractivity contribution is 5.47. The van der Waals surface area contributed by atoms with Gasteiger partial charge in [-0.25, -0.2) is 4.39 Å². The van der Waals surface area contributed by atoms with Gasteiger partial charge in [0.1, 0.15) is 5.82 Å². The summed E-state index contributed by atoms with van der Waals surface area (Å²) in [4.78, 5) is 2.40. The van der Waals surface area contributed by atoms with E-state index in [2.05, 4.69) is 31.0 Å². The van der Waals surface area contributed by atoms with Gasteiger partial charge in [0.2, 0.25) is 0 Å². The Bertz CT molecular complexity index is 402. The second kappa shape index (κ2) is 7.07. The van der Waals surface area contributed by atoms with Crippen molar-refractivity contribution in [3.63, 3.8) is 0 Å². The summed E-state index contributed by atoms with van der Waals surface area (Å²) in [5.41, 5.74) is 1.14. The Morgan fingerprint density at radius 3 is 2.55 bits per heavy atom. The lowest BCUT2D eigenvalue weighted by atomic mass is 9.91. The van der Waals surface area contributed by atoms with Crippen LogP contribution in [0.3, 0.4) is 0 Å². The predicted molar refractivity (Wildman–Crippen MR) is 83.6 cm³/mol. The van der Waals surface area contributed by atoms with E-state index >= 15 is 0 Å². The summed E-state index contributed by atoms with van der Waals surface area (Å²) in [5.74, 6) is 1.24. The lowest BCUT2D eigenvalue weighted by Gasteiger charge is -2.39. The molecule has 1 aliphatic heterocycles. The molecule has 1 aromatic carbocycles.